The fourth-order valence-electron chi connectivity index (χ4n) is 3.59. The molecule has 3 amide bonds. The van der Waals surface area contributed by atoms with Crippen molar-refractivity contribution in [3.8, 4) is 0 Å². The number of likely N-dealkylation sites (tertiary alicyclic amines) is 1. The summed E-state index contributed by atoms with van der Waals surface area (Å²) in [6, 6.07) is 16.4. The number of aromatic nitrogens is 2. The Bertz CT molecular complexity index is 1150. The van der Waals surface area contributed by atoms with Crippen LogP contribution in [0.5, 0.6) is 0 Å². The number of carbonyl (C=O) groups excluding carboxylic acids is 3. The Hall–Kier alpha value is -3.30. The van der Waals surface area contributed by atoms with E-state index in [1.165, 1.54) is 0 Å². The Balaban J connectivity index is 1.34. The highest BCUT2D eigenvalue weighted by atomic mass is 35.5. The van der Waals surface area contributed by atoms with Gasteiger partial charge in [0.15, 0.2) is 0 Å². The average Bonchev–Trinajstić information content (AvgIpc) is 3.33. The van der Waals surface area contributed by atoms with Crippen LogP contribution < -0.4 is 10.6 Å². The molecule has 0 spiro atoms. The molecule has 1 aliphatic heterocycles. The summed E-state index contributed by atoms with van der Waals surface area (Å²) in [6.07, 6.45) is 1.43. The SMILES string of the molecule is O=C(Nc1cccc(Cl)c1)c1nnc(C(=O)N2CCCC(C(=O)NCc3ccccc3)C2)s1. The van der Waals surface area contributed by atoms with E-state index in [1.807, 2.05) is 30.3 Å². The first kappa shape index (κ1) is 22.9. The summed E-state index contributed by atoms with van der Waals surface area (Å²) in [5, 5.41) is 14.1. The quantitative estimate of drug-likeness (QED) is 0.557. The van der Waals surface area contributed by atoms with Crippen LogP contribution in [-0.2, 0) is 11.3 Å². The number of anilines is 1. The molecule has 4 rings (SSSR count). The number of amides is 3. The third-order valence-electron chi connectivity index (χ3n) is 5.27. The van der Waals surface area contributed by atoms with Crippen molar-refractivity contribution in [2.45, 2.75) is 19.4 Å². The zero-order chi connectivity index (χ0) is 23.2. The van der Waals surface area contributed by atoms with Crippen LogP contribution in [0, 0.1) is 5.92 Å². The highest BCUT2D eigenvalue weighted by Crippen LogP contribution is 2.22. The first-order chi connectivity index (χ1) is 16.0. The lowest BCUT2D eigenvalue weighted by Gasteiger charge is -2.31. The number of nitrogens with one attached hydrogen (secondary N) is 2. The molecule has 0 saturated carbocycles. The molecule has 10 heteroatoms. The van der Waals surface area contributed by atoms with Crippen LogP contribution in [0.4, 0.5) is 5.69 Å². The third-order valence-corrected chi connectivity index (χ3v) is 6.42. The molecule has 1 aromatic heterocycles. The predicted molar refractivity (Wildman–Crippen MR) is 126 cm³/mol. The van der Waals surface area contributed by atoms with Crippen LogP contribution in [0.25, 0.3) is 0 Å². The Labute approximate surface area is 200 Å². The molecular formula is C23H22ClN5O3S. The van der Waals surface area contributed by atoms with Crippen molar-refractivity contribution in [3.63, 3.8) is 0 Å². The summed E-state index contributed by atoms with van der Waals surface area (Å²) < 4.78 is 0. The number of carbonyl (C=O) groups is 3. The number of halogens is 1. The third kappa shape index (κ3) is 5.94. The van der Waals surface area contributed by atoms with E-state index < -0.39 is 5.91 Å². The Morgan fingerprint density at radius 1 is 1.06 bits per heavy atom. The Morgan fingerprint density at radius 2 is 1.85 bits per heavy atom. The van der Waals surface area contributed by atoms with E-state index in [0.29, 0.717) is 36.8 Å². The van der Waals surface area contributed by atoms with Gasteiger partial charge in [-0.1, -0.05) is 59.3 Å². The van der Waals surface area contributed by atoms with Gasteiger partial charge in [-0.3, -0.25) is 14.4 Å². The van der Waals surface area contributed by atoms with Gasteiger partial charge in [-0.2, -0.15) is 0 Å². The molecule has 0 bridgehead atoms. The van der Waals surface area contributed by atoms with Gasteiger partial charge in [0.25, 0.3) is 11.8 Å². The summed E-state index contributed by atoms with van der Waals surface area (Å²) in [4.78, 5) is 39.6. The van der Waals surface area contributed by atoms with Gasteiger partial charge in [0.05, 0.1) is 5.92 Å². The van der Waals surface area contributed by atoms with Crippen molar-refractivity contribution in [2.24, 2.45) is 5.92 Å². The van der Waals surface area contributed by atoms with Crippen molar-refractivity contribution in [1.29, 1.82) is 0 Å². The van der Waals surface area contributed by atoms with E-state index in [-0.39, 0.29) is 27.7 Å². The van der Waals surface area contributed by atoms with Crippen LogP contribution in [0.1, 0.15) is 38.0 Å². The number of hydrogen-bond acceptors (Lipinski definition) is 6. The average molecular weight is 484 g/mol. The molecule has 1 unspecified atom stereocenters. The monoisotopic (exact) mass is 483 g/mol. The highest BCUT2D eigenvalue weighted by molar-refractivity contribution is 7.15. The first-order valence-corrected chi connectivity index (χ1v) is 11.7. The van der Waals surface area contributed by atoms with Gasteiger partial charge in [0.1, 0.15) is 0 Å². The van der Waals surface area contributed by atoms with Crippen molar-refractivity contribution < 1.29 is 14.4 Å². The minimum absolute atomic E-state index is 0.0739. The van der Waals surface area contributed by atoms with Gasteiger partial charge in [-0.15, -0.1) is 10.2 Å². The lowest BCUT2D eigenvalue weighted by molar-refractivity contribution is -0.126. The van der Waals surface area contributed by atoms with Crippen LogP contribution in [0.2, 0.25) is 5.02 Å². The summed E-state index contributed by atoms with van der Waals surface area (Å²) in [7, 11) is 0. The second-order valence-corrected chi connectivity index (χ2v) is 9.08. The molecule has 1 saturated heterocycles. The smallest absolute Gasteiger partial charge is 0.286 e. The molecule has 3 aromatic rings. The number of piperidine rings is 1. The van der Waals surface area contributed by atoms with Crippen LogP contribution >= 0.6 is 22.9 Å². The minimum atomic E-state index is -0.467. The van der Waals surface area contributed by atoms with Crippen molar-refractivity contribution in [1.82, 2.24) is 20.4 Å². The molecule has 2 heterocycles. The Kier molecular flexibility index (Phi) is 7.31. The van der Waals surface area contributed by atoms with E-state index in [2.05, 4.69) is 20.8 Å². The van der Waals surface area contributed by atoms with E-state index in [9.17, 15) is 14.4 Å². The molecule has 2 aromatic carbocycles. The normalized spacial score (nSPS) is 15.7. The van der Waals surface area contributed by atoms with Crippen LogP contribution in [0.3, 0.4) is 0 Å². The standard InChI is InChI=1S/C23H22ClN5O3S/c24-17-9-4-10-18(12-17)26-20(31)21-27-28-22(33-21)23(32)29-11-5-8-16(14-29)19(30)25-13-15-6-2-1-3-7-15/h1-4,6-7,9-10,12,16H,5,8,11,13-14H2,(H,25,30)(H,26,31). The van der Waals surface area contributed by atoms with Crippen molar-refractivity contribution in [2.75, 3.05) is 18.4 Å². The van der Waals surface area contributed by atoms with Gasteiger partial charge >= 0.3 is 0 Å². The molecule has 33 heavy (non-hydrogen) atoms. The van der Waals surface area contributed by atoms with Crippen LogP contribution in [0.15, 0.2) is 54.6 Å². The van der Waals surface area contributed by atoms with Gasteiger partial charge in [-0.05, 0) is 36.6 Å². The lowest BCUT2D eigenvalue weighted by atomic mass is 9.97. The largest absolute Gasteiger partial charge is 0.352 e. The summed E-state index contributed by atoms with van der Waals surface area (Å²) in [5.74, 6) is -1.15. The highest BCUT2D eigenvalue weighted by Gasteiger charge is 2.30. The van der Waals surface area contributed by atoms with Crippen LogP contribution in [-0.4, -0.2) is 45.9 Å². The number of hydrogen-bond donors (Lipinski definition) is 2. The van der Waals surface area contributed by atoms with E-state index in [1.54, 1.807) is 29.2 Å². The summed E-state index contributed by atoms with van der Waals surface area (Å²) in [6.45, 7) is 1.29. The number of rotatable bonds is 6. The van der Waals surface area contributed by atoms with E-state index >= 15 is 0 Å². The molecule has 1 atom stereocenters. The Morgan fingerprint density at radius 3 is 2.64 bits per heavy atom. The van der Waals surface area contributed by atoms with E-state index in [0.717, 1.165) is 23.3 Å². The first-order valence-electron chi connectivity index (χ1n) is 10.5. The maximum atomic E-state index is 12.9. The van der Waals surface area contributed by atoms with Gasteiger partial charge < -0.3 is 15.5 Å². The zero-order valence-electron chi connectivity index (χ0n) is 17.7. The van der Waals surface area contributed by atoms with Crippen molar-refractivity contribution in [3.05, 3.63) is 75.2 Å². The fraction of sp³-hybridized carbons (Fsp3) is 0.261. The maximum absolute atomic E-state index is 12.9. The van der Waals surface area contributed by atoms with Crippen molar-refractivity contribution >= 4 is 46.3 Å². The summed E-state index contributed by atoms with van der Waals surface area (Å²) in [5.41, 5.74) is 1.54. The molecule has 8 nitrogen and oxygen atoms in total. The fourth-order valence-corrected chi connectivity index (χ4v) is 4.49. The maximum Gasteiger partial charge on any atom is 0.286 e. The van der Waals surface area contributed by atoms with Gasteiger partial charge in [0.2, 0.25) is 15.9 Å². The lowest BCUT2D eigenvalue weighted by Crippen LogP contribution is -2.45. The molecule has 170 valence electrons. The van der Waals surface area contributed by atoms with Gasteiger partial charge in [-0.25, -0.2) is 0 Å². The molecule has 0 radical (unpaired) electrons. The molecular weight excluding hydrogens is 462 g/mol. The molecule has 0 aliphatic carbocycles. The molecule has 1 aliphatic rings. The second kappa shape index (κ2) is 10.5. The second-order valence-electron chi connectivity index (χ2n) is 7.67. The summed E-state index contributed by atoms with van der Waals surface area (Å²) >= 11 is 6.86. The van der Waals surface area contributed by atoms with E-state index in [4.69, 9.17) is 11.6 Å². The molecule has 1 fully saturated rings. The number of benzene rings is 2. The predicted octanol–water partition coefficient (Wildman–Crippen LogP) is 3.61. The topological polar surface area (TPSA) is 104 Å². The zero-order valence-corrected chi connectivity index (χ0v) is 19.2. The van der Waals surface area contributed by atoms with Gasteiger partial charge in [0, 0.05) is 30.3 Å². The molecule has 2 N–H and O–H groups in total. The minimum Gasteiger partial charge on any atom is -0.352 e. The number of nitrogens with zero attached hydrogens (tertiary/aromatic N) is 3.